The van der Waals surface area contributed by atoms with E-state index in [2.05, 4.69) is 20.8 Å². The van der Waals surface area contributed by atoms with Crippen molar-refractivity contribution >= 4 is 17.5 Å². The summed E-state index contributed by atoms with van der Waals surface area (Å²) < 4.78 is 0. The Kier molecular flexibility index (Phi) is 10.5. The maximum Gasteiger partial charge on any atom is 0.143 e. The highest BCUT2D eigenvalue weighted by Gasteiger charge is 2.11. The first-order valence-electron chi connectivity index (χ1n) is 6.33. The molecule has 0 aromatic rings. The Morgan fingerprint density at radius 3 is 2.47 bits per heavy atom. The molecule has 0 radical (unpaired) electrons. The van der Waals surface area contributed by atoms with Gasteiger partial charge in [-0.1, -0.05) is 46.5 Å². The van der Waals surface area contributed by atoms with Crippen LogP contribution >= 0.6 is 11.8 Å². The second-order valence-corrected chi connectivity index (χ2v) is 5.32. The SMILES string of the molecule is CCCCC(CC)CC(=O)CSCCC. The van der Waals surface area contributed by atoms with Gasteiger partial charge in [0.25, 0.3) is 0 Å². The van der Waals surface area contributed by atoms with E-state index in [-0.39, 0.29) is 0 Å². The molecule has 15 heavy (non-hydrogen) atoms. The van der Waals surface area contributed by atoms with E-state index in [0.29, 0.717) is 11.7 Å². The van der Waals surface area contributed by atoms with E-state index in [1.165, 1.54) is 25.7 Å². The highest BCUT2D eigenvalue weighted by atomic mass is 32.2. The molecule has 0 aromatic heterocycles. The molecular weight excluding hydrogens is 204 g/mol. The fourth-order valence-electron chi connectivity index (χ4n) is 1.65. The number of ketones is 1. The molecule has 0 rings (SSSR count). The van der Waals surface area contributed by atoms with Crippen molar-refractivity contribution in [3.63, 3.8) is 0 Å². The monoisotopic (exact) mass is 230 g/mol. The number of thioether (sulfide) groups is 1. The molecule has 0 fully saturated rings. The molecule has 90 valence electrons. The van der Waals surface area contributed by atoms with Crippen molar-refractivity contribution in [3.05, 3.63) is 0 Å². The minimum absolute atomic E-state index is 0.455. The number of unbranched alkanes of at least 4 members (excludes halogenated alkanes) is 1. The zero-order valence-electron chi connectivity index (χ0n) is 10.6. The second-order valence-electron chi connectivity index (χ2n) is 4.21. The minimum atomic E-state index is 0.455. The predicted molar refractivity (Wildman–Crippen MR) is 70.5 cm³/mol. The number of carbonyl (C=O) groups excluding carboxylic acids is 1. The van der Waals surface area contributed by atoms with Gasteiger partial charge in [0.15, 0.2) is 0 Å². The zero-order valence-corrected chi connectivity index (χ0v) is 11.4. The molecule has 0 aliphatic rings. The molecule has 1 nitrogen and oxygen atoms in total. The lowest BCUT2D eigenvalue weighted by molar-refractivity contribution is -0.117. The van der Waals surface area contributed by atoms with Crippen LogP contribution in [0.3, 0.4) is 0 Å². The van der Waals surface area contributed by atoms with Gasteiger partial charge in [-0.3, -0.25) is 4.79 Å². The predicted octanol–water partition coefficient (Wildman–Crippen LogP) is 4.31. The van der Waals surface area contributed by atoms with E-state index in [1.54, 1.807) is 11.8 Å². The van der Waals surface area contributed by atoms with Crippen LogP contribution in [0, 0.1) is 5.92 Å². The van der Waals surface area contributed by atoms with Crippen LogP contribution in [0.25, 0.3) is 0 Å². The smallest absolute Gasteiger partial charge is 0.143 e. The molecule has 0 spiro atoms. The van der Waals surface area contributed by atoms with Gasteiger partial charge in [-0.2, -0.15) is 11.8 Å². The number of carbonyl (C=O) groups is 1. The van der Waals surface area contributed by atoms with Gasteiger partial charge in [0.2, 0.25) is 0 Å². The van der Waals surface area contributed by atoms with E-state index >= 15 is 0 Å². The Morgan fingerprint density at radius 1 is 1.20 bits per heavy atom. The third kappa shape index (κ3) is 8.98. The van der Waals surface area contributed by atoms with Crippen molar-refractivity contribution in [3.8, 4) is 0 Å². The van der Waals surface area contributed by atoms with Crippen LogP contribution in [0.2, 0.25) is 0 Å². The van der Waals surface area contributed by atoms with Crippen molar-refractivity contribution in [2.75, 3.05) is 11.5 Å². The summed E-state index contributed by atoms with van der Waals surface area (Å²) in [4.78, 5) is 11.6. The molecule has 0 heterocycles. The first-order chi connectivity index (χ1) is 7.24. The van der Waals surface area contributed by atoms with E-state index < -0.39 is 0 Å². The van der Waals surface area contributed by atoms with Crippen LogP contribution in [-0.4, -0.2) is 17.3 Å². The van der Waals surface area contributed by atoms with Gasteiger partial charge in [0.1, 0.15) is 5.78 Å². The van der Waals surface area contributed by atoms with E-state index in [4.69, 9.17) is 0 Å². The van der Waals surface area contributed by atoms with E-state index in [0.717, 1.165) is 24.3 Å². The fraction of sp³-hybridized carbons (Fsp3) is 0.923. The third-order valence-electron chi connectivity index (χ3n) is 2.67. The highest BCUT2D eigenvalue weighted by molar-refractivity contribution is 7.99. The molecule has 0 saturated carbocycles. The van der Waals surface area contributed by atoms with Gasteiger partial charge in [0, 0.05) is 6.42 Å². The normalized spacial score (nSPS) is 12.7. The quantitative estimate of drug-likeness (QED) is 0.520. The second kappa shape index (κ2) is 10.5. The van der Waals surface area contributed by atoms with Crippen LogP contribution in [0.5, 0.6) is 0 Å². The maximum atomic E-state index is 11.6. The van der Waals surface area contributed by atoms with Gasteiger partial charge in [-0.25, -0.2) is 0 Å². The van der Waals surface area contributed by atoms with E-state index in [1.807, 2.05) is 0 Å². The van der Waals surface area contributed by atoms with Crippen molar-refractivity contribution in [1.29, 1.82) is 0 Å². The average Bonchev–Trinajstić information content (AvgIpc) is 2.24. The van der Waals surface area contributed by atoms with Crippen molar-refractivity contribution in [1.82, 2.24) is 0 Å². The van der Waals surface area contributed by atoms with Gasteiger partial charge < -0.3 is 0 Å². The van der Waals surface area contributed by atoms with Crippen LogP contribution in [0.15, 0.2) is 0 Å². The van der Waals surface area contributed by atoms with Crippen molar-refractivity contribution in [2.24, 2.45) is 5.92 Å². The Morgan fingerprint density at radius 2 is 1.93 bits per heavy atom. The summed E-state index contributed by atoms with van der Waals surface area (Å²) in [6.07, 6.45) is 6.89. The Balaban J connectivity index is 3.60. The number of Topliss-reactive ketones (excluding diaryl/α,β-unsaturated/α-hetero) is 1. The molecule has 0 N–H and O–H groups in total. The van der Waals surface area contributed by atoms with Crippen molar-refractivity contribution < 1.29 is 4.79 Å². The lowest BCUT2D eigenvalue weighted by Gasteiger charge is -2.12. The molecule has 1 unspecified atom stereocenters. The molecular formula is C13H26OS. The molecule has 0 bridgehead atoms. The van der Waals surface area contributed by atoms with Crippen molar-refractivity contribution in [2.45, 2.75) is 59.3 Å². The lowest BCUT2D eigenvalue weighted by atomic mass is 9.94. The third-order valence-corrected chi connectivity index (χ3v) is 3.89. The summed E-state index contributed by atoms with van der Waals surface area (Å²) in [6.45, 7) is 6.58. The molecule has 0 amide bonds. The highest BCUT2D eigenvalue weighted by Crippen LogP contribution is 2.18. The standard InChI is InChI=1S/C13H26OS/c1-4-7-8-12(6-3)10-13(14)11-15-9-5-2/h12H,4-11H2,1-3H3. The molecule has 0 aliphatic heterocycles. The van der Waals surface area contributed by atoms with E-state index in [9.17, 15) is 4.79 Å². The molecule has 0 aromatic carbocycles. The maximum absolute atomic E-state index is 11.6. The molecule has 0 aliphatic carbocycles. The summed E-state index contributed by atoms with van der Waals surface area (Å²) >= 11 is 1.79. The summed E-state index contributed by atoms with van der Waals surface area (Å²) in [5, 5.41) is 0. The Labute approximate surface area is 99.4 Å². The topological polar surface area (TPSA) is 17.1 Å². The average molecular weight is 230 g/mol. The molecule has 0 saturated heterocycles. The van der Waals surface area contributed by atoms with Gasteiger partial charge in [-0.15, -0.1) is 0 Å². The van der Waals surface area contributed by atoms with Gasteiger partial charge >= 0.3 is 0 Å². The van der Waals surface area contributed by atoms with Crippen LogP contribution in [-0.2, 0) is 4.79 Å². The fourth-order valence-corrected chi connectivity index (χ4v) is 2.43. The Hall–Kier alpha value is 0.0200. The number of hydrogen-bond donors (Lipinski definition) is 0. The van der Waals surface area contributed by atoms with Gasteiger partial charge in [-0.05, 0) is 18.1 Å². The molecule has 2 heteroatoms. The van der Waals surface area contributed by atoms with Crippen LogP contribution < -0.4 is 0 Å². The first kappa shape index (κ1) is 15.0. The first-order valence-corrected chi connectivity index (χ1v) is 7.49. The van der Waals surface area contributed by atoms with Crippen LogP contribution in [0.4, 0.5) is 0 Å². The minimum Gasteiger partial charge on any atom is -0.299 e. The summed E-state index contributed by atoms with van der Waals surface area (Å²) in [5.74, 6) is 2.95. The molecule has 1 atom stereocenters. The number of hydrogen-bond acceptors (Lipinski definition) is 2. The zero-order chi connectivity index (χ0) is 11.5. The summed E-state index contributed by atoms with van der Waals surface area (Å²) in [6, 6.07) is 0. The van der Waals surface area contributed by atoms with Gasteiger partial charge in [0.05, 0.1) is 5.75 Å². The largest absolute Gasteiger partial charge is 0.299 e. The lowest BCUT2D eigenvalue weighted by Crippen LogP contribution is -2.10. The number of rotatable bonds is 10. The Bertz CT molecular complexity index is 157. The van der Waals surface area contributed by atoms with Crippen LogP contribution in [0.1, 0.15) is 59.3 Å². The summed E-state index contributed by atoms with van der Waals surface area (Å²) in [7, 11) is 0. The summed E-state index contributed by atoms with van der Waals surface area (Å²) in [5.41, 5.74) is 0.